The lowest BCUT2D eigenvalue weighted by Crippen LogP contribution is -2.21. The van der Waals surface area contributed by atoms with E-state index < -0.39 is 0 Å². The number of allylic oxidation sites excluding steroid dienone is 1. The first-order valence-electron chi connectivity index (χ1n) is 5.86. The van der Waals surface area contributed by atoms with Crippen molar-refractivity contribution in [2.45, 2.75) is 60.0 Å². The van der Waals surface area contributed by atoms with Gasteiger partial charge < -0.3 is 5.11 Å². The van der Waals surface area contributed by atoms with Crippen molar-refractivity contribution in [3.05, 3.63) is 24.3 Å². The van der Waals surface area contributed by atoms with Crippen molar-refractivity contribution in [1.82, 2.24) is 0 Å². The molecule has 0 aromatic carbocycles. The van der Waals surface area contributed by atoms with Crippen LogP contribution in [0.15, 0.2) is 24.3 Å². The average Bonchev–Trinajstić information content (AvgIpc) is 2.26. The highest BCUT2D eigenvalue weighted by Gasteiger charge is 2.18. The molecule has 0 aliphatic carbocycles. The maximum absolute atomic E-state index is 10.0. The molecule has 2 unspecified atom stereocenters. The first-order chi connectivity index (χ1) is 7.04. The molecule has 1 heteroatoms. The highest BCUT2D eigenvalue weighted by molar-refractivity contribution is 5.12. The van der Waals surface area contributed by atoms with E-state index in [1.54, 1.807) is 0 Å². The van der Waals surface area contributed by atoms with Crippen LogP contribution < -0.4 is 0 Å². The van der Waals surface area contributed by atoms with Gasteiger partial charge in [0.25, 0.3) is 0 Å². The molecule has 0 saturated heterocycles. The molecule has 0 bridgehead atoms. The lowest BCUT2D eigenvalue weighted by molar-refractivity contribution is 0.131. The van der Waals surface area contributed by atoms with Gasteiger partial charge in [-0.25, -0.2) is 0 Å². The summed E-state index contributed by atoms with van der Waals surface area (Å²) in [7, 11) is 0. The van der Waals surface area contributed by atoms with Crippen LogP contribution in [0.25, 0.3) is 0 Å². The second-order valence-electron chi connectivity index (χ2n) is 4.08. The molecule has 0 amide bonds. The molecule has 0 radical (unpaired) electrons. The molecule has 0 fully saturated rings. The third-order valence-corrected chi connectivity index (χ3v) is 2.86. The SMILES string of the molecule is C=C.CCCC(CC)C(O)C(C)=C(C)C. The van der Waals surface area contributed by atoms with E-state index >= 15 is 0 Å². The van der Waals surface area contributed by atoms with Crippen molar-refractivity contribution in [3.8, 4) is 0 Å². The smallest absolute Gasteiger partial charge is 0.0777 e. The van der Waals surface area contributed by atoms with Crippen molar-refractivity contribution < 1.29 is 5.11 Å². The Labute approximate surface area is 95.9 Å². The largest absolute Gasteiger partial charge is 0.388 e. The van der Waals surface area contributed by atoms with E-state index in [4.69, 9.17) is 0 Å². The molecule has 0 aromatic heterocycles. The fraction of sp³-hybridized carbons (Fsp3) is 0.714. The monoisotopic (exact) mass is 212 g/mol. The standard InChI is InChI=1S/C12H24O.C2H4/c1-6-8-11(7-2)12(13)10(5)9(3)4;1-2/h11-13H,6-8H2,1-5H3;1-2H2. The lowest BCUT2D eigenvalue weighted by Gasteiger charge is -2.22. The first kappa shape index (κ1) is 16.9. The van der Waals surface area contributed by atoms with E-state index in [9.17, 15) is 5.11 Å². The molecule has 15 heavy (non-hydrogen) atoms. The summed E-state index contributed by atoms with van der Waals surface area (Å²) in [5, 5.41) is 10.0. The number of aliphatic hydroxyl groups is 1. The third kappa shape index (κ3) is 6.51. The zero-order chi connectivity index (χ0) is 12.4. The average molecular weight is 212 g/mol. The Morgan fingerprint density at radius 3 is 1.87 bits per heavy atom. The van der Waals surface area contributed by atoms with Gasteiger partial charge in [0, 0.05) is 0 Å². The van der Waals surface area contributed by atoms with Crippen molar-refractivity contribution in [2.75, 3.05) is 0 Å². The van der Waals surface area contributed by atoms with Crippen LogP contribution in [0, 0.1) is 5.92 Å². The highest BCUT2D eigenvalue weighted by atomic mass is 16.3. The van der Waals surface area contributed by atoms with E-state index in [-0.39, 0.29) is 6.10 Å². The fourth-order valence-corrected chi connectivity index (χ4v) is 1.61. The Bertz CT molecular complexity index is 178. The molecule has 0 spiro atoms. The second kappa shape index (κ2) is 9.97. The normalized spacial score (nSPS) is 13.5. The number of hydrogen-bond acceptors (Lipinski definition) is 1. The Hall–Kier alpha value is -0.560. The van der Waals surface area contributed by atoms with Crippen molar-refractivity contribution in [1.29, 1.82) is 0 Å². The van der Waals surface area contributed by atoms with Gasteiger partial charge in [0.05, 0.1) is 6.10 Å². The molecule has 0 heterocycles. The molecule has 0 aromatic rings. The number of hydrogen-bond donors (Lipinski definition) is 1. The van der Waals surface area contributed by atoms with Gasteiger partial charge in [-0.1, -0.05) is 32.3 Å². The molecule has 0 aliphatic rings. The third-order valence-electron chi connectivity index (χ3n) is 2.86. The van der Waals surface area contributed by atoms with Gasteiger partial charge in [-0.2, -0.15) is 0 Å². The summed E-state index contributed by atoms with van der Waals surface area (Å²) in [6.45, 7) is 16.5. The minimum absolute atomic E-state index is 0.227. The Kier molecular flexibility index (Phi) is 11.2. The van der Waals surface area contributed by atoms with Crippen LogP contribution in [-0.4, -0.2) is 11.2 Å². The predicted molar refractivity (Wildman–Crippen MR) is 70.0 cm³/mol. The highest BCUT2D eigenvalue weighted by Crippen LogP contribution is 2.22. The minimum Gasteiger partial charge on any atom is -0.388 e. The second-order valence-corrected chi connectivity index (χ2v) is 4.08. The molecular formula is C14H28O. The van der Waals surface area contributed by atoms with E-state index in [1.165, 1.54) is 5.57 Å². The summed E-state index contributed by atoms with van der Waals surface area (Å²) in [4.78, 5) is 0. The topological polar surface area (TPSA) is 20.2 Å². The summed E-state index contributed by atoms with van der Waals surface area (Å²) < 4.78 is 0. The summed E-state index contributed by atoms with van der Waals surface area (Å²) in [5.41, 5.74) is 2.40. The Balaban J connectivity index is 0. The van der Waals surface area contributed by atoms with E-state index in [2.05, 4.69) is 40.9 Å². The van der Waals surface area contributed by atoms with Gasteiger partial charge >= 0.3 is 0 Å². The van der Waals surface area contributed by atoms with Crippen LogP contribution in [0.1, 0.15) is 53.9 Å². The van der Waals surface area contributed by atoms with Gasteiger partial charge in [-0.05, 0) is 38.7 Å². The van der Waals surface area contributed by atoms with E-state index in [0.717, 1.165) is 24.8 Å². The number of aliphatic hydroxyl groups excluding tert-OH is 1. The van der Waals surface area contributed by atoms with Gasteiger partial charge in [0.2, 0.25) is 0 Å². The quantitative estimate of drug-likeness (QED) is 0.672. The zero-order valence-electron chi connectivity index (χ0n) is 11.1. The maximum atomic E-state index is 10.0. The number of rotatable bonds is 5. The summed E-state index contributed by atoms with van der Waals surface area (Å²) >= 11 is 0. The Morgan fingerprint density at radius 1 is 1.13 bits per heavy atom. The molecule has 1 N–H and O–H groups in total. The van der Waals surface area contributed by atoms with Crippen LogP contribution in [0.4, 0.5) is 0 Å². The fourth-order valence-electron chi connectivity index (χ4n) is 1.61. The van der Waals surface area contributed by atoms with Crippen LogP contribution >= 0.6 is 0 Å². The van der Waals surface area contributed by atoms with Crippen LogP contribution in [0.2, 0.25) is 0 Å². The van der Waals surface area contributed by atoms with Crippen molar-refractivity contribution in [2.24, 2.45) is 5.92 Å². The van der Waals surface area contributed by atoms with Gasteiger partial charge in [0.15, 0.2) is 0 Å². The molecule has 90 valence electrons. The van der Waals surface area contributed by atoms with Gasteiger partial charge in [-0.15, -0.1) is 13.2 Å². The predicted octanol–water partition coefficient (Wildman–Crippen LogP) is 4.33. The van der Waals surface area contributed by atoms with E-state index in [0.29, 0.717) is 5.92 Å². The summed E-state index contributed by atoms with van der Waals surface area (Å²) in [5.74, 6) is 0.444. The molecule has 2 atom stereocenters. The minimum atomic E-state index is -0.227. The van der Waals surface area contributed by atoms with Crippen LogP contribution in [0.3, 0.4) is 0 Å². The van der Waals surface area contributed by atoms with Crippen LogP contribution in [-0.2, 0) is 0 Å². The van der Waals surface area contributed by atoms with Crippen molar-refractivity contribution in [3.63, 3.8) is 0 Å². The summed E-state index contributed by atoms with van der Waals surface area (Å²) in [6.07, 6.45) is 3.13. The maximum Gasteiger partial charge on any atom is 0.0777 e. The van der Waals surface area contributed by atoms with Crippen molar-refractivity contribution >= 4 is 0 Å². The lowest BCUT2D eigenvalue weighted by atomic mass is 9.89. The zero-order valence-corrected chi connectivity index (χ0v) is 11.1. The van der Waals surface area contributed by atoms with Gasteiger partial charge in [0.1, 0.15) is 0 Å². The van der Waals surface area contributed by atoms with Gasteiger partial charge in [-0.3, -0.25) is 0 Å². The molecule has 0 rings (SSSR count). The first-order valence-corrected chi connectivity index (χ1v) is 5.86. The molecule has 0 aliphatic heterocycles. The molecule has 0 saturated carbocycles. The Morgan fingerprint density at radius 2 is 1.60 bits per heavy atom. The van der Waals surface area contributed by atoms with Crippen LogP contribution in [0.5, 0.6) is 0 Å². The molecule has 1 nitrogen and oxygen atoms in total. The van der Waals surface area contributed by atoms with E-state index in [1.807, 2.05) is 6.92 Å². The molecular weight excluding hydrogens is 184 g/mol. The summed E-state index contributed by atoms with van der Waals surface area (Å²) in [6, 6.07) is 0.